The second-order valence-corrected chi connectivity index (χ2v) is 12.2. The first kappa shape index (κ1) is 17.8. The lowest BCUT2D eigenvalue weighted by Gasteiger charge is -2.31. The van der Waals surface area contributed by atoms with E-state index in [-0.39, 0.29) is 0 Å². The summed E-state index contributed by atoms with van der Waals surface area (Å²) in [6.45, 7) is 0. The van der Waals surface area contributed by atoms with Gasteiger partial charge in [0, 0.05) is 16.0 Å². The van der Waals surface area contributed by atoms with E-state index in [0.29, 0.717) is 0 Å². The van der Waals surface area contributed by atoms with Crippen molar-refractivity contribution in [3.63, 3.8) is 0 Å². The van der Waals surface area contributed by atoms with Gasteiger partial charge >= 0.3 is 0 Å². The van der Waals surface area contributed by atoms with Gasteiger partial charge in [-0.05, 0) is 38.8 Å². The van der Waals surface area contributed by atoms with Crippen LogP contribution in [0.2, 0.25) is 0 Å². The molecule has 0 saturated carbocycles. The van der Waals surface area contributed by atoms with Crippen molar-refractivity contribution in [2.75, 3.05) is 0 Å². The predicted molar refractivity (Wildman–Crippen MR) is 136 cm³/mol. The highest BCUT2D eigenvalue weighted by atomic mass is 28.3. The Bertz CT molecular complexity index is 1570. The summed E-state index contributed by atoms with van der Waals surface area (Å²) in [7, 11) is -2.55. The van der Waals surface area contributed by atoms with Crippen LogP contribution >= 0.6 is 0 Å². The number of hydrogen-bond acceptors (Lipinski definition) is 1. The maximum absolute atomic E-state index is 6.66. The molecule has 0 bridgehead atoms. The minimum absolute atomic E-state index is 0.955. The molecule has 32 heavy (non-hydrogen) atoms. The standard InChI is InChI=1S/C30H20OSi/c1-3-11-21(12-4-1)32(22-13-5-2-6-14-22)28-18-10-8-16-24(28)26-20-19-25-23-15-7-9-17-27(23)31-29(25)30(26)32/h1-20H. The molecule has 5 aromatic carbocycles. The fourth-order valence-corrected chi connectivity index (χ4v) is 11.0. The normalized spacial score (nSPS) is 13.9. The van der Waals surface area contributed by atoms with Crippen molar-refractivity contribution in [3.8, 4) is 11.1 Å². The average Bonchev–Trinajstić information content (AvgIpc) is 3.39. The molecular formula is C30H20OSi. The lowest BCUT2D eigenvalue weighted by atomic mass is 10.0. The smallest absolute Gasteiger partial charge is 0.185 e. The van der Waals surface area contributed by atoms with Gasteiger partial charge in [0.05, 0.1) is 0 Å². The Morgan fingerprint density at radius 1 is 0.469 bits per heavy atom. The van der Waals surface area contributed by atoms with Crippen molar-refractivity contribution in [1.82, 2.24) is 0 Å². The van der Waals surface area contributed by atoms with Gasteiger partial charge in [0.2, 0.25) is 0 Å². The average molecular weight is 425 g/mol. The maximum atomic E-state index is 6.66. The molecule has 0 amide bonds. The zero-order valence-corrected chi connectivity index (χ0v) is 18.5. The summed E-state index contributed by atoms with van der Waals surface area (Å²) >= 11 is 0. The number of hydrogen-bond donors (Lipinski definition) is 0. The Kier molecular flexibility index (Phi) is 3.64. The number of benzene rings is 5. The third-order valence-corrected chi connectivity index (χ3v) is 11.8. The maximum Gasteiger partial charge on any atom is 0.185 e. The molecule has 150 valence electrons. The Labute approximate surface area is 187 Å². The third kappa shape index (κ3) is 2.17. The van der Waals surface area contributed by atoms with E-state index in [1.165, 1.54) is 42.6 Å². The highest BCUT2D eigenvalue weighted by Gasteiger charge is 2.50. The van der Waals surface area contributed by atoms with Gasteiger partial charge in [-0.2, -0.15) is 0 Å². The van der Waals surface area contributed by atoms with Crippen molar-refractivity contribution >= 4 is 50.8 Å². The van der Waals surface area contributed by atoms with E-state index < -0.39 is 8.07 Å². The molecule has 0 spiro atoms. The number of fused-ring (bicyclic) bond motifs is 7. The van der Waals surface area contributed by atoms with Gasteiger partial charge in [0.1, 0.15) is 11.2 Å². The van der Waals surface area contributed by atoms with Crippen LogP contribution in [0.3, 0.4) is 0 Å². The van der Waals surface area contributed by atoms with E-state index in [4.69, 9.17) is 4.42 Å². The van der Waals surface area contributed by atoms with Gasteiger partial charge in [0.15, 0.2) is 8.07 Å². The minimum atomic E-state index is -2.55. The van der Waals surface area contributed by atoms with E-state index in [2.05, 4.69) is 121 Å². The number of para-hydroxylation sites is 1. The quantitative estimate of drug-likeness (QED) is 0.358. The summed E-state index contributed by atoms with van der Waals surface area (Å²) in [6.07, 6.45) is 0. The van der Waals surface area contributed by atoms with Crippen LogP contribution in [0.15, 0.2) is 126 Å². The van der Waals surface area contributed by atoms with Gasteiger partial charge in [-0.25, -0.2) is 0 Å². The van der Waals surface area contributed by atoms with Crippen LogP contribution in [0.1, 0.15) is 0 Å². The molecule has 2 heteroatoms. The number of furan rings is 1. The molecule has 1 nitrogen and oxygen atoms in total. The Morgan fingerprint density at radius 3 is 1.84 bits per heavy atom. The topological polar surface area (TPSA) is 13.1 Å². The van der Waals surface area contributed by atoms with Gasteiger partial charge < -0.3 is 4.42 Å². The second kappa shape index (κ2) is 6.56. The van der Waals surface area contributed by atoms with Crippen LogP contribution in [-0.4, -0.2) is 8.07 Å². The van der Waals surface area contributed by atoms with Gasteiger partial charge in [0.25, 0.3) is 0 Å². The molecular weight excluding hydrogens is 404 g/mol. The fraction of sp³-hybridized carbons (Fsp3) is 0. The molecule has 0 fully saturated rings. The zero-order valence-electron chi connectivity index (χ0n) is 17.5. The molecule has 0 saturated heterocycles. The van der Waals surface area contributed by atoms with Crippen LogP contribution in [-0.2, 0) is 0 Å². The lowest BCUT2D eigenvalue weighted by Crippen LogP contribution is -2.72. The van der Waals surface area contributed by atoms with Crippen LogP contribution < -0.4 is 20.7 Å². The highest BCUT2D eigenvalue weighted by Crippen LogP contribution is 2.36. The van der Waals surface area contributed by atoms with Crippen LogP contribution in [0.4, 0.5) is 0 Å². The summed E-state index contributed by atoms with van der Waals surface area (Å²) in [5.74, 6) is 0. The Morgan fingerprint density at radius 2 is 1.09 bits per heavy atom. The molecule has 0 N–H and O–H groups in total. The Balaban J connectivity index is 1.75. The van der Waals surface area contributed by atoms with E-state index in [1.807, 2.05) is 0 Å². The summed E-state index contributed by atoms with van der Waals surface area (Å²) in [5, 5.41) is 8.00. The van der Waals surface area contributed by atoms with E-state index in [0.717, 1.165) is 11.2 Å². The molecule has 7 rings (SSSR count). The molecule has 1 aliphatic rings. The molecule has 0 radical (unpaired) electrons. The molecule has 0 unspecified atom stereocenters. The molecule has 1 aromatic heterocycles. The first-order valence-corrected chi connectivity index (χ1v) is 13.0. The van der Waals surface area contributed by atoms with Crippen LogP contribution in [0.5, 0.6) is 0 Å². The molecule has 1 aliphatic heterocycles. The highest BCUT2D eigenvalue weighted by molar-refractivity contribution is 7.23. The molecule has 0 atom stereocenters. The zero-order chi connectivity index (χ0) is 21.1. The SMILES string of the molecule is c1ccc([Si]2(c3ccccc3)c3ccccc3-c3ccc4c(oc5ccccc54)c32)cc1. The van der Waals surface area contributed by atoms with Crippen molar-refractivity contribution < 1.29 is 4.42 Å². The van der Waals surface area contributed by atoms with Crippen molar-refractivity contribution in [2.45, 2.75) is 0 Å². The largest absolute Gasteiger partial charge is 0.456 e. The first-order valence-electron chi connectivity index (χ1n) is 11.0. The monoisotopic (exact) mass is 424 g/mol. The molecule has 6 aromatic rings. The fourth-order valence-electron chi connectivity index (χ4n) is 5.71. The summed E-state index contributed by atoms with van der Waals surface area (Å²) in [4.78, 5) is 0. The summed E-state index contributed by atoms with van der Waals surface area (Å²) in [5.41, 5.74) is 4.64. The van der Waals surface area contributed by atoms with E-state index >= 15 is 0 Å². The first-order chi connectivity index (χ1) is 15.9. The lowest BCUT2D eigenvalue weighted by molar-refractivity contribution is 0.671. The third-order valence-electron chi connectivity index (χ3n) is 6.96. The Hall–Kier alpha value is -3.88. The van der Waals surface area contributed by atoms with E-state index in [9.17, 15) is 0 Å². The predicted octanol–water partition coefficient (Wildman–Crippen LogP) is 4.94. The number of rotatable bonds is 2. The summed E-state index contributed by atoms with van der Waals surface area (Å²) < 4.78 is 6.66. The van der Waals surface area contributed by atoms with Gasteiger partial charge in [-0.1, -0.05) is 109 Å². The van der Waals surface area contributed by atoms with Crippen LogP contribution in [0.25, 0.3) is 33.1 Å². The van der Waals surface area contributed by atoms with Crippen molar-refractivity contribution in [2.24, 2.45) is 0 Å². The van der Waals surface area contributed by atoms with Crippen molar-refractivity contribution in [3.05, 3.63) is 121 Å². The van der Waals surface area contributed by atoms with Crippen LogP contribution in [0, 0.1) is 0 Å². The van der Waals surface area contributed by atoms with Gasteiger partial charge in [-0.15, -0.1) is 0 Å². The van der Waals surface area contributed by atoms with Gasteiger partial charge in [-0.3, -0.25) is 0 Å². The molecule has 0 aliphatic carbocycles. The summed E-state index contributed by atoms with van der Waals surface area (Å²) in [6, 6.07) is 44.1. The second-order valence-electron chi connectivity index (χ2n) is 8.49. The van der Waals surface area contributed by atoms with Crippen molar-refractivity contribution in [1.29, 1.82) is 0 Å². The molecule has 2 heterocycles. The minimum Gasteiger partial charge on any atom is -0.456 e. The van der Waals surface area contributed by atoms with E-state index in [1.54, 1.807) is 0 Å².